The van der Waals surface area contributed by atoms with Crippen LogP contribution in [0.5, 0.6) is 0 Å². The zero-order valence-electron chi connectivity index (χ0n) is 12.6. The van der Waals surface area contributed by atoms with E-state index >= 15 is 0 Å². The van der Waals surface area contributed by atoms with Gasteiger partial charge in [0.1, 0.15) is 12.3 Å². The molecule has 0 radical (unpaired) electrons. The first-order valence-corrected chi connectivity index (χ1v) is 9.25. The molecule has 0 N–H and O–H groups in total. The van der Waals surface area contributed by atoms with Gasteiger partial charge in [0, 0.05) is 5.66 Å². The Labute approximate surface area is 124 Å². The predicted molar refractivity (Wildman–Crippen MR) is 83.4 cm³/mol. The molecule has 116 valence electrons. The van der Waals surface area contributed by atoms with Crippen molar-refractivity contribution in [2.75, 3.05) is 0 Å². The van der Waals surface area contributed by atoms with E-state index in [4.69, 9.17) is 0 Å². The second-order valence-corrected chi connectivity index (χ2v) is 8.72. The summed E-state index contributed by atoms with van der Waals surface area (Å²) in [4.78, 5) is 0. The third-order valence-corrected chi connectivity index (χ3v) is 7.08. The minimum absolute atomic E-state index is 0.159. The van der Waals surface area contributed by atoms with Crippen molar-refractivity contribution in [3.8, 4) is 0 Å². The van der Waals surface area contributed by atoms with E-state index in [0.29, 0.717) is 18.3 Å². The van der Waals surface area contributed by atoms with Crippen LogP contribution >= 0.6 is 9.24 Å². The summed E-state index contributed by atoms with van der Waals surface area (Å²) < 4.78 is 27.5. The van der Waals surface area contributed by atoms with Gasteiger partial charge in [0.05, 0.1) is 0 Å². The van der Waals surface area contributed by atoms with Crippen LogP contribution in [0, 0.1) is 29.6 Å². The molecule has 9 atom stereocenters. The molecule has 0 saturated heterocycles. The monoisotopic (exact) mass is 302 g/mol. The van der Waals surface area contributed by atoms with Crippen LogP contribution in [0.4, 0.5) is 8.78 Å². The molecular weight excluding hydrogens is 273 g/mol. The normalized spacial score (nSPS) is 53.4. The fourth-order valence-corrected chi connectivity index (χ4v) is 5.83. The number of hydrogen-bond donors (Lipinski definition) is 0. The number of halogens is 2. The van der Waals surface area contributed by atoms with Gasteiger partial charge < -0.3 is 0 Å². The zero-order valence-corrected chi connectivity index (χ0v) is 13.8. The number of hydrogen-bond acceptors (Lipinski definition) is 0. The number of alkyl halides is 2. The lowest BCUT2D eigenvalue weighted by atomic mass is 9.61. The summed E-state index contributed by atoms with van der Waals surface area (Å²) in [5.41, 5.74) is -0.159. The first-order chi connectivity index (χ1) is 9.54. The zero-order chi connectivity index (χ0) is 14.3. The summed E-state index contributed by atoms with van der Waals surface area (Å²) in [7, 11) is 2.55. The standard InChI is InChI=1S/C17H29F2P/c1-10-2-3-12-7-13(5-4-11(12)6-10)14-8-15(18)17(19)16(20)9-14/h10-17H,2-9,20H2,1H3. The highest BCUT2D eigenvalue weighted by Gasteiger charge is 2.42. The van der Waals surface area contributed by atoms with Gasteiger partial charge in [-0.05, 0) is 74.5 Å². The Morgan fingerprint density at radius 3 is 2.05 bits per heavy atom. The minimum Gasteiger partial charge on any atom is -0.244 e. The summed E-state index contributed by atoms with van der Waals surface area (Å²) >= 11 is 0. The fourth-order valence-electron chi connectivity index (χ4n) is 5.24. The molecule has 0 spiro atoms. The smallest absolute Gasteiger partial charge is 0.137 e. The molecule has 3 heteroatoms. The van der Waals surface area contributed by atoms with Crippen molar-refractivity contribution in [2.45, 2.75) is 76.3 Å². The van der Waals surface area contributed by atoms with Gasteiger partial charge in [0.2, 0.25) is 0 Å². The lowest BCUT2D eigenvalue weighted by Crippen LogP contribution is -2.41. The number of fused-ring (bicyclic) bond motifs is 1. The molecule has 3 aliphatic carbocycles. The van der Waals surface area contributed by atoms with Crippen LogP contribution in [0.15, 0.2) is 0 Å². The molecule has 0 aliphatic heterocycles. The average Bonchev–Trinajstić information content (AvgIpc) is 2.43. The lowest BCUT2D eigenvalue weighted by molar-refractivity contribution is 0.0311. The van der Waals surface area contributed by atoms with Crippen molar-refractivity contribution < 1.29 is 8.78 Å². The molecule has 0 aromatic heterocycles. The van der Waals surface area contributed by atoms with Crippen LogP contribution in [0.3, 0.4) is 0 Å². The van der Waals surface area contributed by atoms with Gasteiger partial charge in [-0.3, -0.25) is 0 Å². The van der Waals surface area contributed by atoms with E-state index in [-0.39, 0.29) is 5.66 Å². The summed E-state index contributed by atoms with van der Waals surface area (Å²) in [6.45, 7) is 2.39. The van der Waals surface area contributed by atoms with Crippen molar-refractivity contribution in [1.29, 1.82) is 0 Å². The van der Waals surface area contributed by atoms with E-state index in [1.165, 1.54) is 38.5 Å². The van der Waals surface area contributed by atoms with E-state index in [0.717, 1.165) is 24.2 Å². The third kappa shape index (κ3) is 3.06. The van der Waals surface area contributed by atoms with E-state index < -0.39 is 12.3 Å². The van der Waals surface area contributed by atoms with E-state index in [1.807, 2.05) is 0 Å². The number of rotatable bonds is 1. The molecule has 0 amide bonds. The van der Waals surface area contributed by atoms with Gasteiger partial charge in [-0.25, -0.2) is 8.78 Å². The highest BCUT2D eigenvalue weighted by atomic mass is 31.0. The van der Waals surface area contributed by atoms with Crippen LogP contribution in [-0.4, -0.2) is 18.0 Å². The SMILES string of the molecule is CC1CCC2CC(C3CC(F)C(F)C(P)C3)CCC2C1. The maximum absolute atomic E-state index is 13.8. The fraction of sp³-hybridized carbons (Fsp3) is 1.00. The second kappa shape index (κ2) is 6.19. The molecule has 3 fully saturated rings. The summed E-state index contributed by atoms with van der Waals surface area (Å²) in [5, 5.41) is 0. The van der Waals surface area contributed by atoms with Gasteiger partial charge >= 0.3 is 0 Å². The molecule has 0 nitrogen and oxygen atoms in total. The van der Waals surface area contributed by atoms with Crippen molar-refractivity contribution in [3.63, 3.8) is 0 Å². The van der Waals surface area contributed by atoms with Crippen molar-refractivity contribution in [2.24, 2.45) is 29.6 Å². The van der Waals surface area contributed by atoms with Crippen molar-refractivity contribution >= 4 is 9.24 Å². The van der Waals surface area contributed by atoms with Crippen LogP contribution in [-0.2, 0) is 0 Å². The van der Waals surface area contributed by atoms with Crippen LogP contribution in [0.1, 0.15) is 58.3 Å². The summed E-state index contributed by atoms with van der Waals surface area (Å²) in [6, 6.07) is 0. The maximum atomic E-state index is 13.8. The lowest BCUT2D eigenvalue weighted by Gasteiger charge is -2.45. The average molecular weight is 302 g/mol. The Morgan fingerprint density at radius 1 is 0.750 bits per heavy atom. The molecule has 3 saturated carbocycles. The first kappa shape index (κ1) is 15.2. The quantitative estimate of drug-likeness (QED) is 0.586. The molecule has 3 rings (SSSR count). The molecule has 0 heterocycles. The minimum atomic E-state index is -1.25. The molecular formula is C17H29F2P. The summed E-state index contributed by atoms with van der Waals surface area (Å²) in [6.07, 6.45) is 6.95. The van der Waals surface area contributed by atoms with Gasteiger partial charge in [-0.15, -0.1) is 9.24 Å². The highest BCUT2D eigenvalue weighted by molar-refractivity contribution is 7.17. The van der Waals surface area contributed by atoms with Gasteiger partial charge in [0.25, 0.3) is 0 Å². The predicted octanol–water partition coefficient (Wildman–Crippen LogP) is 5.17. The topological polar surface area (TPSA) is 0 Å². The molecule has 0 aromatic carbocycles. The highest BCUT2D eigenvalue weighted by Crippen LogP contribution is 2.49. The van der Waals surface area contributed by atoms with Crippen molar-refractivity contribution in [3.05, 3.63) is 0 Å². The Morgan fingerprint density at radius 2 is 1.35 bits per heavy atom. The van der Waals surface area contributed by atoms with Gasteiger partial charge in [-0.2, -0.15) is 0 Å². The molecule has 0 aromatic rings. The van der Waals surface area contributed by atoms with Crippen LogP contribution < -0.4 is 0 Å². The Hall–Kier alpha value is 0.290. The van der Waals surface area contributed by atoms with Crippen LogP contribution in [0.2, 0.25) is 0 Å². The van der Waals surface area contributed by atoms with Crippen molar-refractivity contribution in [1.82, 2.24) is 0 Å². The molecule has 9 unspecified atom stereocenters. The largest absolute Gasteiger partial charge is 0.244 e. The van der Waals surface area contributed by atoms with E-state index in [1.54, 1.807) is 0 Å². The first-order valence-electron chi connectivity index (χ1n) is 8.58. The Kier molecular flexibility index (Phi) is 4.70. The second-order valence-electron chi connectivity index (χ2n) is 7.87. The Bertz CT molecular complexity index is 323. The van der Waals surface area contributed by atoms with E-state index in [9.17, 15) is 8.78 Å². The molecule has 20 heavy (non-hydrogen) atoms. The maximum Gasteiger partial charge on any atom is 0.137 e. The third-order valence-electron chi connectivity index (χ3n) is 6.44. The Balaban J connectivity index is 1.59. The van der Waals surface area contributed by atoms with Gasteiger partial charge in [0.15, 0.2) is 0 Å². The molecule has 0 bridgehead atoms. The van der Waals surface area contributed by atoms with Crippen LogP contribution in [0.25, 0.3) is 0 Å². The van der Waals surface area contributed by atoms with E-state index in [2.05, 4.69) is 16.2 Å². The summed E-state index contributed by atoms with van der Waals surface area (Å²) in [5.74, 6) is 3.81. The van der Waals surface area contributed by atoms with Gasteiger partial charge in [-0.1, -0.05) is 13.3 Å². The molecule has 3 aliphatic rings.